The first-order chi connectivity index (χ1) is 9.22. The van der Waals surface area contributed by atoms with Gasteiger partial charge in [-0.3, -0.25) is 4.79 Å². The number of rotatable bonds is 3. The molecule has 0 atom stereocenters. The molecule has 3 rings (SSSR count). The first kappa shape index (κ1) is 11.8. The molecule has 1 aliphatic heterocycles. The van der Waals surface area contributed by atoms with Crippen LogP contribution in [-0.4, -0.2) is 32.8 Å². The predicted molar refractivity (Wildman–Crippen MR) is 71.0 cm³/mol. The number of anilines is 1. The molecule has 0 unspecified atom stereocenters. The van der Waals surface area contributed by atoms with Gasteiger partial charge >= 0.3 is 0 Å². The van der Waals surface area contributed by atoms with E-state index < -0.39 is 0 Å². The molecular formula is C13H15N5O. The molecule has 0 N–H and O–H groups in total. The number of nitrogens with zero attached hydrogens (tertiary/aromatic N) is 5. The molecule has 0 bridgehead atoms. The van der Waals surface area contributed by atoms with Gasteiger partial charge in [0.15, 0.2) is 0 Å². The second-order valence-electron chi connectivity index (χ2n) is 4.83. The summed E-state index contributed by atoms with van der Waals surface area (Å²) in [5, 5.41) is 4.07. The van der Waals surface area contributed by atoms with E-state index in [0.29, 0.717) is 12.5 Å². The maximum Gasteiger partial charge on any atom is 0.266 e. The Morgan fingerprint density at radius 2 is 2.21 bits per heavy atom. The van der Waals surface area contributed by atoms with Gasteiger partial charge in [0.1, 0.15) is 12.1 Å². The average Bonchev–Trinajstić information content (AvgIpc) is 2.35. The van der Waals surface area contributed by atoms with Crippen LogP contribution in [0.1, 0.15) is 5.69 Å². The molecular weight excluding hydrogens is 242 g/mol. The molecule has 0 amide bonds. The maximum absolute atomic E-state index is 11.6. The molecule has 6 nitrogen and oxygen atoms in total. The Morgan fingerprint density at radius 3 is 2.95 bits per heavy atom. The van der Waals surface area contributed by atoms with Gasteiger partial charge in [-0.1, -0.05) is 0 Å². The van der Waals surface area contributed by atoms with Crippen molar-refractivity contribution < 1.29 is 0 Å². The standard InChI is InChI=1S/C13H15N5O/c1-10-5-12(15-9-14-10)17-6-11(7-17)8-18-13(19)3-2-4-16-18/h2-5,9,11H,6-8H2,1H3. The van der Waals surface area contributed by atoms with Crippen LogP contribution in [0.15, 0.2) is 35.5 Å². The summed E-state index contributed by atoms with van der Waals surface area (Å²) in [4.78, 5) is 22.1. The lowest BCUT2D eigenvalue weighted by atomic mass is 10.0. The van der Waals surface area contributed by atoms with Crippen molar-refractivity contribution in [2.45, 2.75) is 13.5 Å². The topological polar surface area (TPSA) is 63.9 Å². The SMILES string of the molecule is Cc1cc(N2CC(Cn3ncccc3=O)C2)ncn1. The van der Waals surface area contributed by atoms with Crippen molar-refractivity contribution in [2.75, 3.05) is 18.0 Å². The van der Waals surface area contributed by atoms with Crippen LogP contribution < -0.4 is 10.5 Å². The van der Waals surface area contributed by atoms with Crippen molar-refractivity contribution in [3.63, 3.8) is 0 Å². The van der Waals surface area contributed by atoms with Crippen molar-refractivity contribution in [3.8, 4) is 0 Å². The number of aromatic nitrogens is 4. The Morgan fingerprint density at radius 1 is 1.37 bits per heavy atom. The average molecular weight is 257 g/mol. The fourth-order valence-electron chi connectivity index (χ4n) is 2.25. The molecule has 98 valence electrons. The Hall–Kier alpha value is -2.24. The predicted octanol–water partition coefficient (Wildman–Crippen LogP) is 0.478. The van der Waals surface area contributed by atoms with Crippen LogP contribution in [0.2, 0.25) is 0 Å². The van der Waals surface area contributed by atoms with E-state index in [-0.39, 0.29) is 5.56 Å². The highest BCUT2D eigenvalue weighted by Crippen LogP contribution is 2.23. The largest absolute Gasteiger partial charge is 0.356 e. The van der Waals surface area contributed by atoms with Crippen LogP contribution in [-0.2, 0) is 6.54 Å². The molecule has 1 saturated heterocycles. The smallest absolute Gasteiger partial charge is 0.266 e. The third-order valence-electron chi connectivity index (χ3n) is 3.29. The number of hydrogen-bond donors (Lipinski definition) is 0. The highest BCUT2D eigenvalue weighted by molar-refractivity contribution is 5.41. The summed E-state index contributed by atoms with van der Waals surface area (Å²) >= 11 is 0. The molecule has 2 aromatic heterocycles. The summed E-state index contributed by atoms with van der Waals surface area (Å²) in [6.07, 6.45) is 3.23. The van der Waals surface area contributed by atoms with Gasteiger partial charge in [0.05, 0.1) is 6.54 Å². The van der Waals surface area contributed by atoms with Gasteiger partial charge in [0, 0.05) is 43.0 Å². The molecule has 2 aromatic rings. The van der Waals surface area contributed by atoms with Crippen molar-refractivity contribution in [1.82, 2.24) is 19.7 Å². The molecule has 0 aliphatic carbocycles. The van der Waals surface area contributed by atoms with Crippen LogP contribution in [0.3, 0.4) is 0 Å². The van der Waals surface area contributed by atoms with Gasteiger partial charge in [-0.25, -0.2) is 14.6 Å². The number of hydrogen-bond acceptors (Lipinski definition) is 5. The van der Waals surface area contributed by atoms with E-state index in [2.05, 4.69) is 20.0 Å². The molecule has 3 heterocycles. The van der Waals surface area contributed by atoms with Gasteiger partial charge < -0.3 is 4.90 Å². The Kier molecular flexibility index (Phi) is 2.98. The van der Waals surface area contributed by atoms with E-state index >= 15 is 0 Å². The zero-order valence-corrected chi connectivity index (χ0v) is 10.7. The third kappa shape index (κ3) is 2.47. The van der Waals surface area contributed by atoms with E-state index in [1.165, 1.54) is 10.7 Å². The summed E-state index contributed by atoms with van der Waals surface area (Å²) < 4.78 is 1.52. The van der Waals surface area contributed by atoms with Crippen molar-refractivity contribution in [1.29, 1.82) is 0 Å². The minimum atomic E-state index is -0.0427. The van der Waals surface area contributed by atoms with Crippen LogP contribution in [0, 0.1) is 12.8 Å². The first-order valence-corrected chi connectivity index (χ1v) is 6.28. The van der Waals surface area contributed by atoms with Gasteiger partial charge in [0.2, 0.25) is 0 Å². The summed E-state index contributed by atoms with van der Waals surface area (Å²) in [5.74, 6) is 1.40. The summed E-state index contributed by atoms with van der Waals surface area (Å²) in [6, 6.07) is 5.18. The molecule has 19 heavy (non-hydrogen) atoms. The van der Waals surface area contributed by atoms with E-state index in [0.717, 1.165) is 24.6 Å². The molecule has 0 spiro atoms. The Labute approximate surface area is 110 Å². The van der Waals surface area contributed by atoms with Gasteiger partial charge in [0.25, 0.3) is 5.56 Å². The fraction of sp³-hybridized carbons (Fsp3) is 0.385. The van der Waals surface area contributed by atoms with Gasteiger partial charge in [-0.2, -0.15) is 5.10 Å². The number of aryl methyl sites for hydroxylation is 1. The highest BCUT2D eigenvalue weighted by Gasteiger charge is 2.28. The quantitative estimate of drug-likeness (QED) is 0.800. The van der Waals surface area contributed by atoms with Crippen molar-refractivity contribution >= 4 is 5.82 Å². The van der Waals surface area contributed by atoms with E-state index in [1.807, 2.05) is 13.0 Å². The van der Waals surface area contributed by atoms with Crippen molar-refractivity contribution in [2.24, 2.45) is 5.92 Å². The van der Waals surface area contributed by atoms with E-state index in [4.69, 9.17) is 0 Å². The Bertz CT molecular complexity index is 633. The molecule has 1 fully saturated rings. The normalized spacial score (nSPS) is 15.3. The van der Waals surface area contributed by atoms with Crippen LogP contribution >= 0.6 is 0 Å². The minimum absolute atomic E-state index is 0.0427. The molecule has 0 radical (unpaired) electrons. The third-order valence-corrected chi connectivity index (χ3v) is 3.29. The van der Waals surface area contributed by atoms with Gasteiger partial charge in [-0.05, 0) is 13.0 Å². The van der Waals surface area contributed by atoms with E-state index in [9.17, 15) is 4.79 Å². The summed E-state index contributed by atoms with van der Waals surface area (Å²) in [5.41, 5.74) is 0.924. The highest BCUT2D eigenvalue weighted by atomic mass is 16.1. The monoisotopic (exact) mass is 257 g/mol. The minimum Gasteiger partial charge on any atom is -0.356 e. The van der Waals surface area contributed by atoms with Crippen molar-refractivity contribution in [3.05, 3.63) is 46.8 Å². The lowest BCUT2D eigenvalue weighted by molar-refractivity contribution is 0.333. The lowest BCUT2D eigenvalue weighted by Crippen LogP contribution is -2.50. The van der Waals surface area contributed by atoms with Crippen LogP contribution in [0.4, 0.5) is 5.82 Å². The van der Waals surface area contributed by atoms with Gasteiger partial charge in [-0.15, -0.1) is 0 Å². The molecule has 0 aromatic carbocycles. The lowest BCUT2D eigenvalue weighted by Gasteiger charge is -2.40. The molecule has 6 heteroatoms. The first-order valence-electron chi connectivity index (χ1n) is 6.28. The summed E-state index contributed by atoms with van der Waals surface area (Å²) in [7, 11) is 0. The second kappa shape index (κ2) is 4.79. The van der Waals surface area contributed by atoms with Crippen LogP contribution in [0.25, 0.3) is 0 Å². The fourth-order valence-corrected chi connectivity index (χ4v) is 2.25. The Balaban J connectivity index is 1.62. The van der Waals surface area contributed by atoms with Crippen LogP contribution in [0.5, 0.6) is 0 Å². The zero-order valence-electron chi connectivity index (χ0n) is 10.7. The summed E-state index contributed by atoms with van der Waals surface area (Å²) in [6.45, 7) is 4.43. The van der Waals surface area contributed by atoms with E-state index in [1.54, 1.807) is 18.6 Å². The second-order valence-corrected chi connectivity index (χ2v) is 4.83. The molecule has 0 saturated carbocycles. The zero-order chi connectivity index (χ0) is 13.2. The maximum atomic E-state index is 11.6. The molecule has 1 aliphatic rings.